The fraction of sp³-hybridized carbons (Fsp3) is 0.364. The summed E-state index contributed by atoms with van der Waals surface area (Å²) in [6, 6.07) is 7.01. The van der Waals surface area contributed by atoms with Gasteiger partial charge < -0.3 is 20.1 Å². The molecule has 0 aromatic carbocycles. The van der Waals surface area contributed by atoms with Crippen LogP contribution in [0.2, 0.25) is 0 Å². The lowest BCUT2D eigenvalue weighted by molar-refractivity contribution is 0.0912. The van der Waals surface area contributed by atoms with Gasteiger partial charge in [0.2, 0.25) is 11.8 Å². The van der Waals surface area contributed by atoms with Gasteiger partial charge in [0.1, 0.15) is 0 Å². The van der Waals surface area contributed by atoms with Crippen molar-refractivity contribution in [3.63, 3.8) is 0 Å². The highest BCUT2D eigenvalue weighted by molar-refractivity contribution is 5.94. The van der Waals surface area contributed by atoms with Crippen LogP contribution in [0.3, 0.4) is 0 Å². The number of nitrogens with zero attached hydrogens (tertiary/aromatic N) is 5. The van der Waals surface area contributed by atoms with Gasteiger partial charge in [-0.05, 0) is 43.1 Å². The molecule has 1 saturated heterocycles. The second-order valence-corrected chi connectivity index (χ2v) is 7.47. The van der Waals surface area contributed by atoms with Gasteiger partial charge in [-0.1, -0.05) is 6.92 Å². The molecule has 0 radical (unpaired) electrons. The summed E-state index contributed by atoms with van der Waals surface area (Å²) in [4.78, 5) is 23.3. The quantitative estimate of drug-likeness (QED) is 0.628. The maximum Gasteiger partial charge on any atom is 0.253 e. The number of carbonyl (C=O) groups excluding carboxylic acids is 1. The number of aromatic hydroxyl groups is 1. The smallest absolute Gasteiger partial charge is 0.253 e. The molecule has 1 aliphatic rings. The molecule has 9 heteroatoms. The summed E-state index contributed by atoms with van der Waals surface area (Å²) in [5, 5.41) is 18.0. The number of methoxy groups -OCH3 is 1. The Kier molecular flexibility index (Phi) is 6.13. The van der Waals surface area contributed by atoms with Gasteiger partial charge in [-0.2, -0.15) is 9.78 Å². The molecule has 1 amide bonds. The molecule has 0 atom stereocenters. The van der Waals surface area contributed by atoms with Crippen molar-refractivity contribution >= 4 is 5.91 Å². The average Bonchev–Trinajstić information content (AvgIpc) is 3.21. The third kappa shape index (κ3) is 4.51. The van der Waals surface area contributed by atoms with Crippen molar-refractivity contribution < 1.29 is 14.6 Å². The number of nitrogens with one attached hydrogen (secondary N) is 1. The Balaban J connectivity index is 1.46. The number of amides is 1. The van der Waals surface area contributed by atoms with Gasteiger partial charge in [0.15, 0.2) is 5.82 Å². The summed E-state index contributed by atoms with van der Waals surface area (Å²) in [5.41, 5.74) is 1.73. The lowest BCUT2D eigenvalue weighted by Gasteiger charge is -2.31. The number of ether oxygens (including phenoxy) is 1. The Morgan fingerprint density at radius 1 is 1.23 bits per heavy atom. The number of likely N-dealkylation sites (tertiary alicyclic amines) is 1. The molecule has 4 rings (SSSR count). The van der Waals surface area contributed by atoms with Gasteiger partial charge in [0.05, 0.1) is 24.4 Å². The molecule has 2 N–H and O–H groups in total. The maximum absolute atomic E-state index is 12.6. The van der Waals surface area contributed by atoms with Crippen LogP contribution in [-0.4, -0.2) is 68.4 Å². The Morgan fingerprint density at radius 2 is 2.03 bits per heavy atom. The van der Waals surface area contributed by atoms with Crippen molar-refractivity contribution in [3.8, 4) is 28.7 Å². The van der Waals surface area contributed by atoms with Gasteiger partial charge in [-0.25, -0.2) is 9.97 Å². The minimum absolute atomic E-state index is 0.0550. The number of carbonyl (C=O) groups is 1. The van der Waals surface area contributed by atoms with Crippen LogP contribution in [0.15, 0.2) is 42.9 Å². The molecule has 9 nitrogen and oxygen atoms in total. The number of hydrogen-bond donors (Lipinski definition) is 2. The minimum atomic E-state index is -0.136. The SMILES string of the molecule is CCN1CCC(NC(=O)c2ccc(-n3ncc(-c4ccnc(OC)c4)c3O)nc2)CC1. The van der Waals surface area contributed by atoms with Crippen molar-refractivity contribution in [2.24, 2.45) is 0 Å². The normalized spacial score (nSPS) is 15.0. The molecule has 0 unspecified atom stereocenters. The van der Waals surface area contributed by atoms with E-state index < -0.39 is 0 Å². The van der Waals surface area contributed by atoms with Crippen molar-refractivity contribution in [2.75, 3.05) is 26.7 Å². The topological polar surface area (TPSA) is 105 Å². The predicted molar refractivity (Wildman–Crippen MR) is 115 cm³/mol. The van der Waals surface area contributed by atoms with Crippen LogP contribution < -0.4 is 10.1 Å². The molecule has 3 aromatic rings. The second-order valence-electron chi connectivity index (χ2n) is 7.47. The zero-order valence-electron chi connectivity index (χ0n) is 17.7. The van der Waals surface area contributed by atoms with Crippen LogP contribution >= 0.6 is 0 Å². The molecule has 0 spiro atoms. The van der Waals surface area contributed by atoms with E-state index in [1.54, 1.807) is 36.7 Å². The van der Waals surface area contributed by atoms with Crippen LogP contribution in [0.5, 0.6) is 11.8 Å². The van der Waals surface area contributed by atoms with Crippen LogP contribution in [0.1, 0.15) is 30.1 Å². The molecule has 3 aromatic heterocycles. The Morgan fingerprint density at radius 3 is 2.71 bits per heavy atom. The minimum Gasteiger partial charge on any atom is -0.493 e. The lowest BCUT2D eigenvalue weighted by Crippen LogP contribution is -2.44. The average molecular weight is 422 g/mol. The fourth-order valence-corrected chi connectivity index (χ4v) is 3.71. The summed E-state index contributed by atoms with van der Waals surface area (Å²) in [6.07, 6.45) is 6.56. The second kappa shape index (κ2) is 9.13. The Bertz CT molecular complexity index is 1040. The van der Waals surface area contributed by atoms with E-state index in [1.165, 1.54) is 18.0 Å². The first-order valence-corrected chi connectivity index (χ1v) is 10.4. The van der Waals surface area contributed by atoms with E-state index in [0.29, 0.717) is 22.8 Å². The highest BCUT2D eigenvalue weighted by Crippen LogP contribution is 2.31. The number of piperidine rings is 1. The summed E-state index contributed by atoms with van der Waals surface area (Å²) in [5.74, 6) is 0.667. The highest BCUT2D eigenvalue weighted by Gasteiger charge is 2.21. The van der Waals surface area contributed by atoms with Gasteiger partial charge in [-0.15, -0.1) is 0 Å². The van der Waals surface area contributed by atoms with E-state index in [1.807, 2.05) is 0 Å². The molecule has 0 saturated carbocycles. The van der Waals surface area contributed by atoms with Gasteiger partial charge in [0.25, 0.3) is 5.91 Å². The molecule has 162 valence electrons. The molecule has 0 aliphatic carbocycles. The third-order valence-electron chi connectivity index (χ3n) is 5.60. The first kappa shape index (κ1) is 20.8. The van der Waals surface area contributed by atoms with Crippen LogP contribution in [-0.2, 0) is 0 Å². The number of aromatic nitrogens is 4. The summed E-state index contributed by atoms with van der Waals surface area (Å²) in [7, 11) is 1.53. The maximum atomic E-state index is 12.6. The largest absolute Gasteiger partial charge is 0.493 e. The predicted octanol–water partition coefficient (Wildman–Crippen LogP) is 2.26. The molecule has 1 fully saturated rings. The van der Waals surface area contributed by atoms with E-state index in [4.69, 9.17) is 4.74 Å². The third-order valence-corrected chi connectivity index (χ3v) is 5.60. The van der Waals surface area contributed by atoms with E-state index >= 15 is 0 Å². The molecule has 0 bridgehead atoms. The van der Waals surface area contributed by atoms with E-state index in [2.05, 4.69) is 32.2 Å². The van der Waals surface area contributed by atoms with Gasteiger partial charge >= 0.3 is 0 Å². The van der Waals surface area contributed by atoms with Crippen LogP contribution in [0.25, 0.3) is 16.9 Å². The highest BCUT2D eigenvalue weighted by atomic mass is 16.5. The molecule has 4 heterocycles. The summed E-state index contributed by atoms with van der Waals surface area (Å²) < 4.78 is 6.46. The van der Waals surface area contributed by atoms with Crippen LogP contribution in [0, 0.1) is 0 Å². The first-order valence-electron chi connectivity index (χ1n) is 10.4. The van der Waals surface area contributed by atoms with E-state index in [-0.39, 0.29) is 17.8 Å². The van der Waals surface area contributed by atoms with E-state index in [0.717, 1.165) is 38.0 Å². The fourth-order valence-electron chi connectivity index (χ4n) is 3.71. The molecule has 1 aliphatic heterocycles. The number of rotatable bonds is 6. The monoisotopic (exact) mass is 422 g/mol. The molecular weight excluding hydrogens is 396 g/mol. The van der Waals surface area contributed by atoms with E-state index in [9.17, 15) is 9.90 Å². The first-order chi connectivity index (χ1) is 15.1. The van der Waals surface area contributed by atoms with Crippen LogP contribution in [0.4, 0.5) is 0 Å². The van der Waals surface area contributed by atoms with Crippen molar-refractivity contribution in [3.05, 3.63) is 48.4 Å². The van der Waals surface area contributed by atoms with Crippen molar-refractivity contribution in [2.45, 2.75) is 25.8 Å². The zero-order valence-corrected chi connectivity index (χ0v) is 17.7. The standard InChI is InChI=1S/C22H26N6O3/c1-3-27-10-7-17(8-11-27)26-21(29)16-4-5-19(24-13-16)28-22(30)18(14-25-28)15-6-9-23-20(12-15)31-2/h4-6,9,12-14,17,30H,3,7-8,10-11H2,1-2H3,(H,26,29). The van der Waals surface area contributed by atoms with Crippen molar-refractivity contribution in [1.29, 1.82) is 0 Å². The Labute approximate surface area is 180 Å². The molecular formula is C22H26N6O3. The summed E-state index contributed by atoms with van der Waals surface area (Å²) >= 11 is 0. The Hall–Kier alpha value is -3.46. The number of hydrogen-bond acceptors (Lipinski definition) is 7. The molecule has 31 heavy (non-hydrogen) atoms. The number of pyridine rings is 2. The summed E-state index contributed by atoms with van der Waals surface area (Å²) in [6.45, 7) is 5.20. The van der Waals surface area contributed by atoms with Crippen molar-refractivity contribution in [1.82, 2.24) is 30.0 Å². The van der Waals surface area contributed by atoms with Gasteiger partial charge in [-0.3, -0.25) is 4.79 Å². The lowest BCUT2D eigenvalue weighted by atomic mass is 10.0. The van der Waals surface area contributed by atoms with Gasteiger partial charge in [0, 0.05) is 37.6 Å². The zero-order chi connectivity index (χ0) is 21.8.